The van der Waals surface area contributed by atoms with Crippen LogP contribution in [0.1, 0.15) is 28.7 Å². The fourth-order valence-corrected chi connectivity index (χ4v) is 2.85. The van der Waals surface area contributed by atoms with Crippen molar-refractivity contribution in [3.8, 4) is 5.75 Å². The molecule has 1 N–H and O–H groups in total. The van der Waals surface area contributed by atoms with Gasteiger partial charge in [0.15, 0.2) is 0 Å². The molecule has 106 valence electrons. The molecule has 0 amide bonds. The molecule has 0 bridgehead atoms. The molecule has 3 nitrogen and oxygen atoms in total. The van der Waals surface area contributed by atoms with Crippen molar-refractivity contribution < 1.29 is 9.47 Å². The van der Waals surface area contributed by atoms with Crippen LogP contribution in [0.5, 0.6) is 5.75 Å². The molecular formula is C16H25NO2. The van der Waals surface area contributed by atoms with E-state index < -0.39 is 0 Å². The van der Waals surface area contributed by atoms with Crippen LogP contribution in [0.3, 0.4) is 0 Å². The summed E-state index contributed by atoms with van der Waals surface area (Å²) in [5, 5.41) is 3.51. The summed E-state index contributed by atoms with van der Waals surface area (Å²) in [5.41, 5.74) is 5.29. The second-order valence-corrected chi connectivity index (χ2v) is 5.40. The number of morpholine rings is 1. The summed E-state index contributed by atoms with van der Waals surface area (Å²) < 4.78 is 11.0. The molecule has 1 aromatic carbocycles. The summed E-state index contributed by atoms with van der Waals surface area (Å²) >= 11 is 0. The van der Waals surface area contributed by atoms with Crippen LogP contribution in [0.4, 0.5) is 0 Å². The van der Waals surface area contributed by atoms with Crippen molar-refractivity contribution in [1.82, 2.24) is 5.32 Å². The first-order valence-electron chi connectivity index (χ1n) is 7.08. The lowest BCUT2D eigenvalue weighted by Gasteiger charge is -2.24. The van der Waals surface area contributed by atoms with E-state index >= 15 is 0 Å². The fraction of sp³-hybridized carbons (Fsp3) is 0.625. The molecule has 0 spiro atoms. The molecule has 0 aromatic heterocycles. The van der Waals surface area contributed by atoms with Gasteiger partial charge in [0, 0.05) is 12.6 Å². The number of benzene rings is 1. The Kier molecular flexibility index (Phi) is 4.83. The molecule has 0 aliphatic carbocycles. The van der Waals surface area contributed by atoms with Gasteiger partial charge in [-0.1, -0.05) is 6.07 Å². The number of ether oxygens (including phenoxy) is 2. The highest BCUT2D eigenvalue weighted by Crippen LogP contribution is 2.29. The topological polar surface area (TPSA) is 30.5 Å². The molecule has 1 aromatic rings. The van der Waals surface area contributed by atoms with E-state index in [1.165, 1.54) is 22.3 Å². The van der Waals surface area contributed by atoms with E-state index in [4.69, 9.17) is 9.47 Å². The third-order valence-electron chi connectivity index (χ3n) is 4.10. The molecule has 0 saturated carbocycles. The monoisotopic (exact) mass is 263 g/mol. The number of aryl methyl sites for hydroxylation is 2. The van der Waals surface area contributed by atoms with Gasteiger partial charge in [-0.15, -0.1) is 0 Å². The number of hydrogen-bond acceptors (Lipinski definition) is 3. The SMILES string of the molecule is COc1c(C)cc(CCC2COCCN2)c(C)c1C. The van der Waals surface area contributed by atoms with Crippen molar-refractivity contribution in [1.29, 1.82) is 0 Å². The minimum Gasteiger partial charge on any atom is -0.496 e. The lowest BCUT2D eigenvalue weighted by molar-refractivity contribution is 0.0743. The standard InChI is InChI=1S/C16H25NO2/c1-11-9-14(12(2)13(3)16(11)18-4)5-6-15-10-19-8-7-17-15/h9,15,17H,5-8,10H2,1-4H3. The van der Waals surface area contributed by atoms with Crippen LogP contribution in [0.2, 0.25) is 0 Å². The number of methoxy groups -OCH3 is 1. The van der Waals surface area contributed by atoms with E-state index in [1.807, 2.05) is 0 Å². The van der Waals surface area contributed by atoms with Crippen LogP contribution in [-0.2, 0) is 11.2 Å². The first-order valence-corrected chi connectivity index (χ1v) is 7.08. The average molecular weight is 263 g/mol. The zero-order valence-electron chi connectivity index (χ0n) is 12.5. The molecule has 1 aliphatic heterocycles. The Labute approximate surface area is 116 Å². The first-order chi connectivity index (χ1) is 9.13. The predicted molar refractivity (Wildman–Crippen MR) is 78.1 cm³/mol. The second-order valence-electron chi connectivity index (χ2n) is 5.40. The van der Waals surface area contributed by atoms with Crippen LogP contribution < -0.4 is 10.1 Å². The lowest BCUT2D eigenvalue weighted by atomic mass is 9.94. The van der Waals surface area contributed by atoms with Crippen molar-refractivity contribution in [2.75, 3.05) is 26.9 Å². The van der Waals surface area contributed by atoms with E-state index in [-0.39, 0.29) is 0 Å². The lowest BCUT2D eigenvalue weighted by Crippen LogP contribution is -2.41. The summed E-state index contributed by atoms with van der Waals surface area (Å²) in [4.78, 5) is 0. The van der Waals surface area contributed by atoms with E-state index in [0.29, 0.717) is 6.04 Å². The minimum atomic E-state index is 0.496. The van der Waals surface area contributed by atoms with Crippen LogP contribution in [0.25, 0.3) is 0 Å². The smallest absolute Gasteiger partial charge is 0.124 e. The molecule has 1 unspecified atom stereocenters. The third-order valence-corrected chi connectivity index (χ3v) is 4.10. The van der Waals surface area contributed by atoms with Gasteiger partial charge >= 0.3 is 0 Å². The van der Waals surface area contributed by atoms with Crippen molar-refractivity contribution in [2.24, 2.45) is 0 Å². The van der Waals surface area contributed by atoms with E-state index in [0.717, 1.165) is 38.3 Å². The van der Waals surface area contributed by atoms with Crippen molar-refractivity contribution >= 4 is 0 Å². The molecule has 1 aliphatic rings. The molecule has 1 atom stereocenters. The number of hydrogen-bond donors (Lipinski definition) is 1. The Balaban J connectivity index is 2.07. The van der Waals surface area contributed by atoms with E-state index in [2.05, 4.69) is 32.2 Å². The summed E-state index contributed by atoms with van der Waals surface area (Å²) in [7, 11) is 1.75. The molecule has 3 heteroatoms. The largest absolute Gasteiger partial charge is 0.496 e. The molecule has 19 heavy (non-hydrogen) atoms. The number of nitrogens with one attached hydrogen (secondary N) is 1. The Morgan fingerprint density at radius 3 is 2.74 bits per heavy atom. The Hall–Kier alpha value is -1.06. The van der Waals surface area contributed by atoms with E-state index in [1.54, 1.807) is 7.11 Å². The van der Waals surface area contributed by atoms with Gasteiger partial charge in [0.25, 0.3) is 0 Å². The Morgan fingerprint density at radius 1 is 1.32 bits per heavy atom. The molecular weight excluding hydrogens is 238 g/mol. The minimum absolute atomic E-state index is 0.496. The quantitative estimate of drug-likeness (QED) is 0.905. The highest BCUT2D eigenvalue weighted by atomic mass is 16.5. The van der Waals surface area contributed by atoms with Gasteiger partial charge in [-0.3, -0.25) is 0 Å². The van der Waals surface area contributed by atoms with Crippen LogP contribution in [0.15, 0.2) is 6.07 Å². The molecule has 1 saturated heterocycles. The fourth-order valence-electron chi connectivity index (χ4n) is 2.85. The van der Waals surface area contributed by atoms with Crippen LogP contribution in [-0.4, -0.2) is 32.9 Å². The van der Waals surface area contributed by atoms with Crippen molar-refractivity contribution in [3.63, 3.8) is 0 Å². The molecule has 2 rings (SSSR count). The summed E-state index contributed by atoms with van der Waals surface area (Å²) in [6.07, 6.45) is 2.23. The van der Waals surface area contributed by atoms with Gasteiger partial charge in [0.1, 0.15) is 5.75 Å². The van der Waals surface area contributed by atoms with Gasteiger partial charge in [-0.2, -0.15) is 0 Å². The first kappa shape index (κ1) is 14.4. The predicted octanol–water partition coefficient (Wildman–Crippen LogP) is 2.54. The Morgan fingerprint density at radius 2 is 2.11 bits per heavy atom. The third kappa shape index (κ3) is 3.28. The van der Waals surface area contributed by atoms with Gasteiger partial charge in [0.05, 0.1) is 20.3 Å². The maximum Gasteiger partial charge on any atom is 0.124 e. The molecule has 1 heterocycles. The summed E-state index contributed by atoms with van der Waals surface area (Å²) in [6, 6.07) is 2.76. The van der Waals surface area contributed by atoms with Crippen molar-refractivity contribution in [3.05, 3.63) is 28.3 Å². The number of rotatable bonds is 4. The van der Waals surface area contributed by atoms with E-state index in [9.17, 15) is 0 Å². The van der Waals surface area contributed by atoms with Gasteiger partial charge in [0.2, 0.25) is 0 Å². The van der Waals surface area contributed by atoms with Crippen LogP contribution in [0, 0.1) is 20.8 Å². The molecule has 1 fully saturated rings. The average Bonchev–Trinajstić information content (AvgIpc) is 2.43. The van der Waals surface area contributed by atoms with Gasteiger partial charge in [-0.05, 0) is 55.9 Å². The van der Waals surface area contributed by atoms with Crippen molar-refractivity contribution in [2.45, 2.75) is 39.7 Å². The highest BCUT2D eigenvalue weighted by Gasteiger charge is 2.15. The zero-order valence-corrected chi connectivity index (χ0v) is 12.5. The van der Waals surface area contributed by atoms with Gasteiger partial charge in [-0.25, -0.2) is 0 Å². The maximum absolute atomic E-state index is 5.50. The normalized spacial score (nSPS) is 19.5. The van der Waals surface area contributed by atoms with Crippen LogP contribution >= 0.6 is 0 Å². The Bertz CT molecular complexity index is 437. The summed E-state index contributed by atoms with van der Waals surface area (Å²) in [6.45, 7) is 9.12. The zero-order chi connectivity index (χ0) is 13.8. The summed E-state index contributed by atoms with van der Waals surface area (Å²) in [5.74, 6) is 1.03. The molecule has 0 radical (unpaired) electrons. The van der Waals surface area contributed by atoms with Gasteiger partial charge < -0.3 is 14.8 Å². The highest BCUT2D eigenvalue weighted by molar-refractivity contribution is 5.49. The second kappa shape index (κ2) is 6.40. The maximum atomic E-state index is 5.50.